The molecule has 2 aliphatic carbocycles. The van der Waals surface area contributed by atoms with Gasteiger partial charge in [-0.1, -0.05) is 138 Å². The molecule has 0 heterocycles. The second kappa shape index (κ2) is 16.4. The fourth-order valence-corrected chi connectivity index (χ4v) is 6.36. The minimum absolute atomic E-state index is 0.324. The Kier molecular flexibility index (Phi) is 14.0. The summed E-state index contributed by atoms with van der Waals surface area (Å²) in [4.78, 5) is 0. The molecular formula is C40H62. The Bertz CT molecular complexity index is 1030. The van der Waals surface area contributed by atoms with E-state index >= 15 is 0 Å². The van der Waals surface area contributed by atoms with Crippen molar-refractivity contribution < 1.29 is 0 Å². The SMILES string of the molecule is CC1=CCCC(C)(C)C1/C=C/C(C)/C=C/C=C(\C)CC/C=C/C(C)C/C=C/C(C)/C=C/C1=C(C)CCCC1(C)C. The fourth-order valence-electron chi connectivity index (χ4n) is 6.36. The van der Waals surface area contributed by atoms with Crippen molar-refractivity contribution in [3.8, 4) is 0 Å². The molecule has 0 aromatic heterocycles. The summed E-state index contributed by atoms with van der Waals surface area (Å²) in [5.74, 6) is 2.09. The van der Waals surface area contributed by atoms with Crippen LogP contribution < -0.4 is 0 Å². The van der Waals surface area contributed by atoms with Gasteiger partial charge in [-0.2, -0.15) is 0 Å². The summed E-state index contributed by atoms with van der Waals surface area (Å²) < 4.78 is 0. The molecule has 0 radical (unpaired) electrons. The maximum Gasteiger partial charge on any atom is 0.00255 e. The molecule has 2 aliphatic rings. The number of hydrogen-bond acceptors (Lipinski definition) is 0. The quantitative estimate of drug-likeness (QED) is 0.160. The van der Waals surface area contributed by atoms with E-state index in [4.69, 9.17) is 0 Å². The van der Waals surface area contributed by atoms with Gasteiger partial charge in [0, 0.05) is 5.92 Å². The molecule has 0 N–H and O–H groups in total. The molecule has 0 aromatic rings. The highest BCUT2D eigenvalue weighted by Crippen LogP contribution is 2.42. The van der Waals surface area contributed by atoms with Gasteiger partial charge in [-0.25, -0.2) is 0 Å². The third kappa shape index (κ3) is 11.8. The average molecular weight is 543 g/mol. The van der Waals surface area contributed by atoms with Crippen molar-refractivity contribution in [2.24, 2.45) is 34.5 Å². The highest BCUT2D eigenvalue weighted by atomic mass is 14.4. The number of rotatable bonds is 13. The highest BCUT2D eigenvalue weighted by molar-refractivity contribution is 5.33. The van der Waals surface area contributed by atoms with Gasteiger partial charge in [0.05, 0.1) is 0 Å². The maximum absolute atomic E-state index is 2.45. The molecule has 0 nitrogen and oxygen atoms in total. The van der Waals surface area contributed by atoms with Crippen LogP contribution in [0.3, 0.4) is 0 Å². The predicted octanol–water partition coefficient (Wildman–Crippen LogP) is 12.7. The molecular weight excluding hydrogens is 480 g/mol. The molecule has 0 amide bonds. The Morgan fingerprint density at radius 3 is 2.35 bits per heavy atom. The van der Waals surface area contributed by atoms with E-state index in [2.05, 4.69) is 142 Å². The Morgan fingerprint density at radius 2 is 1.65 bits per heavy atom. The maximum atomic E-state index is 2.45. The highest BCUT2D eigenvalue weighted by Gasteiger charge is 2.30. The van der Waals surface area contributed by atoms with Gasteiger partial charge >= 0.3 is 0 Å². The van der Waals surface area contributed by atoms with E-state index in [0.29, 0.717) is 34.5 Å². The van der Waals surface area contributed by atoms with Crippen LogP contribution in [0.5, 0.6) is 0 Å². The lowest BCUT2D eigenvalue weighted by molar-refractivity contribution is 0.255. The molecule has 4 atom stereocenters. The summed E-state index contributed by atoms with van der Waals surface area (Å²) in [7, 11) is 0. The molecule has 0 saturated heterocycles. The molecule has 0 aromatic carbocycles. The summed E-state index contributed by atoms with van der Waals surface area (Å²) in [5, 5.41) is 0. The second-order valence-electron chi connectivity index (χ2n) is 14.4. The van der Waals surface area contributed by atoms with E-state index in [1.165, 1.54) is 43.3 Å². The van der Waals surface area contributed by atoms with Gasteiger partial charge in [-0.05, 0) is 106 Å². The molecule has 40 heavy (non-hydrogen) atoms. The Balaban J connectivity index is 1.71. The Hall–Kier alpha value is -2.08. The van der Waals surface area contributed by atoms with Crippen LogP contribution >= 0.6 is 0 Å². The largest absolute Gasteiger partial charge is 0.0879 e. The predicted molar refractivity (Wildman–Crippen MR) is 181 cm³/mol. The number of allylic oxidation sites excluding steroid dienone is 16. The first kappa shape index (κ1) is 34.1. The monoisotopic (exact) mass is 542 g/mol. The molecule has 0 spiro atoms. The third-order valence-electron chi connectivity index (χ3n) is 9.22. The number of hydrogen-bond donors (Lipinski definition) is 0. The standard InChI is InChI=1S/C40H62/c1-31(19-13-21-33(3)25-27-37-35(5)23-15-29-39(37,7)8)17-11-12-18-32(2)20-14-22-34(4)26-28-38-36(6)24-16-30-40(38,9)10/h11,13-14,17,20-22,24-28,31,33-34,38H,12,15-16,18-19,23,29-30H2,1-10H3/b17-11+,21-13+,22-14+,27-25+,28-26+,32-20+. The molecule has 4 unspecified atom stereocenters. The van der Waals surface area contributed by atoms with Crippen LogP contribution in [0.15, 0.2) is 95.2 Å². The van der Waals surface area contributed by atoms with E-state index in [1.807, 2.05) is 0 Å². The van der Waals surface area contributed by atoms with Crippen LogP contribution in [0.2, 0.25) is 0 Å². The molecule has 2 rings (SSSR count). The normalized spacial score (nSPS) is 24.6. The van der Waals surface area contributed by atoms with Crippen molar-refractivity contribution in [2.75, 3.05) is 0 Å². The molecule has 222 valence electrons. The fraction of sp³-hybridized carbons (Fsp3) is 0.600. The van der Waals surface area contributed by atoms with Crippen molar-refractivity contribution in [3.63, 3.8) is 0 Å². The summed E-state index contributed by atoms with van der Waals surface area (Å²) in [6.45, 7) is 23.4. The van der Waals surface area contributed by atoms with E-state index in [9.17, 15) is 0 Å². The first-order valence-electron chi connectivity index (χ1n) is 16.2. The minimum atomic E-state index is 0.324. The lowest BCUT2D eigenvalue weighted by atomic mass is 9.68. The van der Waals surface area contributed by atoms with Crippen LogP contribution in [0.4, 0.5) is 0 Å². The van der Waals surface area contributed by atoms with Gasteiger partial charge in [0.25, 0.3) is 0 Å². The molecule has 0 heteroatoms. The summed E-state index contributed by atoms with van der Waals surface area (Å²) in [6, 6.07) is 0. The second-order valence-corrected chi connectivity index (χ2v) is 14.4. The van der Waals surface area contributed by atoms with E-state index in [1.54, 1.807) is 11.1 Å². The van der Waals surface area contributed by atoms with E-state index in [0.717, 1.165) is 19.3 Å². The summed E-state index contributed by atoms with van der Waals surface area (Å²) >= 11 is 0. The zero-order valence-corrected chi connectivity index (χ0v) is 27.9. The smallest absolute Gasteiger partial charge is 0.00255 e. The Morgan fingerprint density at radius 1 is 0.925 bits per heavy atom. The molecule has 0 aliphatic heterocycles. The van der Waals surface area contributed by atoms with Gasteiger partial charge < -0.3 is 0 Å². The van der Waals surface area contributed by atoms with Crippen LogP contribution in [0.25, 0.3) is 0 Å². The first-order chi connectivity index (χ1) is 18.8. The molecule has 0 bridgehead atoms. The molecule has 0 saturated carbocycles. The lowest BCUT2D eigenvalue weighted by Gasteiger charge is -2.36. The van der Waals surface area contributed by atoms with Gasteiger partial charge in [0.15, 0.2) is 0 Å². The lowest BCUT2D eigenvalue weighted by Crippen LogP contribution is -2.26. The van der Waals surface area contributed by atoms with Gasteiger partial charge in [-0.3, -0.25) is 0 Å². The zero-order chi connectivity index (χ0) is 29.8. The summed E-state index contributed by atoms with van der Waals surface area (Å²) in [6.07, 6.45) is 38.2. The van der Waals surface area contributed by atoms with Gasteiger partial charge in [0.2, 0.25) is 0 Å². The Labute approximate surface area is 249 Å². The van der Waals surface area contributed by atoms with Gasteiger partial charge in [-0.15, -0.1) is 0 Å². The van der Waals surface area contributed by atoms with Crippen molar-refractivity contribution >= 4 is 0 Å². The van der Waals surface area contributed by atoms with Crippen LogP contribution in [0, 0.1) is 34.5 Å². The van der Waals surface area contributed by atoms with Crippen molar-refractivity contribution in [1.29, 1.82) is 0 Å². The first-order valence-corrected chi connectivity index (χ1v) is 16.2. The van der Waals surface area contributed by atoms with E-state index in [-0.39, 0.29) is 0 Å². The molecule has 0 fully saturated rings. The zero-order valence-electron chi connectivity index (χ0n) is 27.9. The average Bonchev–Trinajstić information content (AvgIpc) is 2.85. The topological polar surface area (TPSA) is 0 Å². The van der Waals surface area contributed by atoms with Crippen LogP contribution in [0.1, 0.15) is 121 Å². The van der Waals surface area contributed by atoms with E-state index < -0.39 is 0 Å². The van der Waals surface area contributed by atoms with Gasteiger partial charge in [0.1, 0.15) is 0 Å². The van der Waals surface area contributed by atoms with Crippen LogP contribution in [-0.4, -0.2) is 0 Å². The van der Waals surface area contributed by atoms with Crippen molar-refractivity contribution in [2.45, 2.75) is 121 Å². The summed E-state index contributed by atoms with van der Waals surface area (Å²) in [5.41, 5.74) is 6.82. The third-order valence-corrected chi connectivity index (χ3v) is 9.22. The van der Waals surface area contributed by atoms with Crippen LogP contribution in [-0.2, 0) is 0 Å². The van der Waals surface area contributed by atoms with Crippen molar-refractivity contribution in [3.05, 3.63) is 95.2 Å². The van der Waals surface area contributed by atoms with Crippen molar-refractivity contribution in [1.82, 2.24) is 0 Å². The minimum Gasteiger partial charge on any atom is -0.0879 e.